The zero-order valence-electron chi connectivity index (χ0n) is 12.3. The standard InChI is InChI=1S/C16H26N2O/c1-13-6-4-5-7-14(13)12-18-15(19)8-9-16(2,3)10-11-17/h4-7H,8-12,17H2,1-3H3,(H,18,19). The van der Waals surface area contributed by atoms with E-state index in [1.807, 2.05) is 18.2 Å². The van der Waals surface area contributed by atoms with Crippen LogP contribution in [0.2, 0.25) is 0 Å². The van der Waals surface area contributed by atoms with Crippen LogP contribution >= 0.6 is 0 Å². The van der Waals surface area contributed by atoms with Gasteiger partial charge in [0, 0.05) is 13.0 Å². The summed E-state index contributed by atoms with van der Waals surface area (Å²) in [6.45, 7) is 7.68. The molecule has 1 amide bonds. The highest BCUT2D eigenvalue weighted by molar-refractivity contribution is 5.75. The molecule has 0 saturated carbocycles. The van der Waals surface area contributed by atoms with E-state index in [0.717, 1.165) is 12.8 Å². The average molecular weight is 262 g/mol. The minimum Gasteiger partial charge on any atom is -0.352 e. The van der Waals surface area contributed by atoms with Gasteiger partial charge >= 0.3 is 0 Å². The molecule has 0 aliphatic carbocycles. The van der Waals surface area contributed by atoms with Crippen LogP contribution in [-0.2, 0) is 11.3 Å². The fraction of sp³-hybridized carbons (Fsp3) is 0.562. The number of aryl methyl sites for hydroxylation is 1. The van der Waals surface area contributed by atoms with Gasteiger partial charge in [0.25, 0.3) is 0 Å². The number of hydrogen-bond donors (Lipinski definition) is 2. The molecular weight excluding hydrogens is 236 g/mol. The van der Waals surface area contributed by atoms with Gasteiger partial charge in [-0.05, 0) is 42.9 Å². The first-order valence-corrected chi connectivity index (χ1v) is 6.96. The third-order valence-corrected chi connectivity index (χ3v) is 3.59. The second-order valence-electron chi connectivity index (χ2n) is 5.91. The van der Waals surface area contributed by atoms with Crippen LogP contribution in [0, 0.1) is 12.3 Å². The van der Waals surface area contributed by atoms with Crippen molar-refractivity contribution in [3.63, 3.8) is 0 Å². The molecule has 0 atom stereocenters. The van der Waals surface area contributed by atoms with Crippen molar-refractivity contribution in [1.82, 2.24) is 5.32 Å². The highest BCUT2D eigenvalue weighted by Crippen LogP contribution is 2.25. The van der Waals surface area contributed by atoms with Crippen molar-refractivity contribution in [2.24, 2.45) is 11.1 Å². The first-order valence-electron chi connectivity index (χ1n) is 6.96. The second-order valence-corrected chi connectivity index (χ2v) is 5.91. The lowest BCUT2D eigenvalue weighted by Gasteiger charge is -2.23. The topological polar surface area (TPSA) is 55.1 Å². The summed E-state index contributed by atoms with van der Waals surface area (Å²) in [5, 5.41) is 2.98. The van der Waals surface area contributed by atoms with Gasteiger partial charge in [0.2, 0.25) is 5.91 Å². The number of nitrogens with one attached hydrogen (secondary N) is 1. The maximum atomic E-state index is 11.8. The molecule has 19 heavy (non-hydrogen) atoms. The van der Waals surface area contributed by atoms with Gasteiger partial charge in [-0.3, -0.25) is 4.79 Å². The van der Waals surface area contributed by atoms with Crippen LogP contribution in [0.15, 0.2) is 24.3 Å². The Morgan fingerprint density at radius 1 is 1.26 bits per heavy atom. The highest BCUT2D eigenvalue weighted by Gasteiger charge is 2.18. The predicted molar refractivity (Wildman–Crippen MR) is 79.7 cm³/mol. The normalized spacial score (nSPS) is 11.4. The quantitative estimate of drug-likeness (QED) is 0.794. The molecule has 0 fully saturated rings. The van der Waals surface area contributed by atoms with Crippen molar-refractivity contribution in [3.8, 4) is 0 Å². The van der Waals surface area contributed by atoms with Crippen molar-refractivity contribution in [2.75, 3.05) is 6.54 Å². The third-order valence-electron chi connectivity index (χ3n) is 3.59. The van der Waals surface area contributed by atoms with E-state index >= 15 is 0 Å². The van der Waals surface area contributed by atoms with Gasteiger partial charge in [-0.25, -0.2) is 0 Å². The summed E-state index contributed by atoms with van der Waals surface area (Å²) in [6.07, 6.45) is 2.40. The molecule has 3 N–H and O–H groups in total. The largest absolute Gasteiger partial charge is 0.352 e. The van der Waals surface area contributed by atoms with E-state index in [-0.39, 0.29) is 11.3 Å². The van der Waals surface area contributed by atoms with Crippen molar-refractivity contribution in [3.05, 3.63) is 35.4 Å². The van der Waals surface area contributed by atoms with Crippen molar-refractivity contribution in [1.29, 1.82) is 0 Å². The maximum absolute atomic E-state index is 11.8. The van der Waals surface area contributed by atoms with Crippen LogP contribution < -0.4 is 11.1 Å². The van der Waals surface area contributed by atoms with Crippen LogP contribution in [-0.4, -0.2) is 12.5 Å². The van der Waals surface area contributed by atoms with Crippen LogP contribution in [0.1, 0.15) is 44.2 Å². The Morgan fingerprint density at radius 3 is 2.58 bits per heavy atom. The first kappa shape index (κ1) is 15.7. The minimum atomic E-state index is 0.119. The third kappa shape index (κ3) is 5.88. The lowest BCUT2D eigenvalue weighted by atomic mass is 9.84. The molecule has 1 aromatic carbocycles. The summed E-state index contributed by atoms with van der Waals surface area (Å²) < 4.78 is 0. The number of carbonyl (C=O) groups is 1. The molecule has 0 unspecified atom stereocenters. The molecule has 0 saturated heterocycles. The van der Waals surface area contributed by atoms with Crippen LogP contribution in [0.4, 0.5) is 0 Å². The number of amides is 1. The molecule has 106 valence electrons. The lowest BCUT2D eigenvalue weighted by molar-refractivity contribution is -0.121. The van der Waals surface area contributed by atoms with E-state index in [2.05, 4.69) is 32.2 Å². The zero-order valence-corrected chi connectivity index (χ0v) is 12.3. The average Bonchev–Trinajstić information content (AvgIpc) is 2.35. The molecule has 0 aromatic heterocycles. The van der Waals surface area contributed by atoms with Gasteiger partial charge in [0.15, 0.2) is 0 Å². The summed E-state index contributed by atoms with van der Waals surface area (Å²) in [7, 11) is 0. The monoisotopic (exact) mass is 262 g/mol. The Morgan fingerprint density at radius 2 is 1.95 bits per heavy atom. The zero-order chi connectivity index (χ0) is 14.3. The van der Waals surface area contributed by atoms with E-state index in [1.54, 1.807) is 0 Å². The van der Waals surface area contributed by atoms with E-state index in [0.29, 0.717) is 19.5 Å². The predicted octanol–water partition coefficient (Wildman–Crippen LogP) is 2.77. The molecular formula is C16H26N2O. The lowest BCUT2D eigenvalue weighted by Crippen LogP contribution is -2.26. The molecule has 0 bridgehead atoms. The molecule has 1 aromatic rings. The molecule has 0 aliphatic rings. The molecule has 0 heterocycles. The van der Waals surface area contributed by atoms with Gasteiger partial charge < -0.3 is 11.1 Å². The summed E-state index contributed by atoms with van der Waals surface area (Å²) in [5.41, 5.74) is 8.11. The Hall–Kier alpha value is -1.35. The van der Waals surface area contributed by atoms with Gasteiger partial charge in [-0.1, -0.05) is 38.1 Å². The number of benzene rings is 1. The fourth-order valence-electron chi connectivity index (χ4n) is 2.06. The summed E-state index contributed by atoms with van der Waals surface area (Å²) >= 11 is 0. The van der Waals surface area contributed by atoms with Crippen molar-refractivity contribution >= 4 is 5.91 Å². The first-order chi connectivity index (χ1) is 8.94. The summed E-state index contributed by atoms with van der Waals surface area (Å²) in [5.74, 6) is 0.119. The van der Waals surface area contributed by atoms with E-state index < -0.39 is 0 Å². The van der Waals surface area contributed by atoms with E-state index in [4.69, 9.17) is 5.73 Å². The smallest absolute Gasteiger partial charge is 0.220 e. The Balaban J connectivity index is 2.35. The number of hydrogen-bond acceptors (Lipinski definition) is 2. The highest BCUT2D eigenvalue weighted by atomic mass is 16.1. The molecule has 0 aliphatic heterocycles. The summed E-state index contributed by atoms with van der Waals surface area (Å²) in [6, 6.07) is 8.12. The van der Waals surface area contributed by atoms with Crippen molar-refractivity contribution < 1.29 is 4.79 Å². The molecule has 0 radical (unpaired) electrons. The van der Waals surface area contributed by atoms with Crippen LogP contribution in [0.3, 0.4) is 0 Å². The minimum absolute atomic E-state index is 0.119. The molecule has 1 rings (SSSR count). The Kier molecular flexibility index (Phi) is 6.03. The molecule has 0 spiro atoms. The summed E-state index contributed by atoms with van der Waals surface area (Å²) in [4.78, 5) is 11.8. The van der Waals surface area contributed by atoms with Crippen molar-refractivity contribution in [2.45, 2.75) is 46.6 Å². The number of nitrogens with two attached hydrogens (primary N) is 1. The molecule has 3 heteroatoms. The van der Waals surface area contributed by atoms with Crippen LogP contribution in [0.25, 0.3) is 0 Å². The molecule has 3 nitrogen and oxygen atoms in total. The SMILES string of the molecule is Cc1ccccc1CNC(=O)CCC(C)(C)CCN. The Bertz CT molecular complexity index is 413. The van der Waals surface area contributed by atoms with Gasteiger partial charge in [-0.2, -0.15) is 0 Å². The fourth-order valence-corrected chi connectivity index (χ4v) is 2.06. The maximum Gasteiger partial charge on any atom is 0.220 e. The van der Waals surface area contributed by atoms with Gasteiger partial charge in [0.1, 0.15) is 0 Å². The van der Waals surface area contributed by atoms with Crippen LogP contribution in [0.5, 0.6) is 0 Å². The number of rotatable bonds is 7. The second kappa shape index (κ2) is 7.29. The van der Waals surface area contributed by atoms with E-state index in [9.17, 15) is 4.79 Å². The number of carbonyl (C=O) groups excluding carboxylic acids is 1. The van der Waals surface area contributed by atoms with Gasteiger partial charge in [0.05, 0.1) is 0 Å². The Labute approximate surface area is 116 Å². The van der Waals surface area contributed by atoms with Gasteiger partial charge in [-0.15, -0.1) is 0 Å². The van der Waals surface area contributed by atoms with E-state index in [1.165, 1.54) is 11.1 Å².